The minimum Gasteiger partial charge on any atom is -0.346 e. The molecule has 1 saturated carbocycles. The number of fused-ring (bicyclic) bond motifs is 1. The average molecular weight is 299 g/mol. The third-order valence-corrected chi connectivity index (χ3v) is 4.36. The lowest BCUT2D eigenvalue weighted by atomic mass is 10.2. The molecule has 1 N–H and O–H groups in total. The van der Waals surface area contributed by atoms with Crippen molar-refractivity contribution in [2.24, 2.45) is 5.92 Å². The first kappa shape index (κ1) is 15.1. The molecule has 4 nitrogen and oxygen atoms in total. The van der Waals surface area contributed by atoms with Gasteiger partial charge in [-0.3, -0.25) is 4.79 Å². The molecule has 3 rings (SSSR count). The molecule has 1 aliphatic carbocycles. The molecule has 0 saturated heterocycles. The molecule has 0 bridgehead atoms. The van der Waals surface area contributed by atoms with Crippen LogP contribution in [0.4, 0.5) is 0 Å². The number of aryl methyl sites for hydroxylation is 1. The molecule has 22 heavy (non-hydrogen) atoms. The molecular weight excluding hydrogens is 274 g/mol. The number of imidazole rings is 1. The number of benzene rings is 1. The van der Waals surface area contributed by atoms with Gasteiger partial charge in [-0.2, -0.15) is 0 Å². The van der Waals surface area contributed by atoms with E-state index >= 15 is 0 Å². The molecule has 0 radical (unpaired) electrons. The Morgan fingerprint density at radius 2 is 2.14 bits per heavy atom. The van der Waals surface area contributed by atoms with Crippen molar-refractivity contribution >= 4 is 16.9 Å². The van der Waals surface area contributed by atoms with Gasteiger partial charge < -0.3 is 9.88 Å². The summed E-state index contributed by atoms with van der Waals surface area (Å²) in [6, 6.07) is 8.19. The highest BCUT2D eigenvalue weighted by Gasteiger charge is 2.31. The summed E-state index contributed by atoms with van der Waals surface area (Å²) in [5.41, 5.74) is 2.18. The summed E-state index contributed by atoms with van der Waals surface area (Å²) in [4.78, 5) is 16.8. The van der Waals surface area contributed by atoms with Crippen LogP contribution in [0.5, 0.6) is 0 Å². The summed E-state index contributed by atoms with van der Waals surface area (Å²) in [5.74, 6) is 1.39. The molecule has 4 heteroatoms. The molecule has 1 heterocycles. The molecule has 0 aliphatic heterocycles. The predicted molar refractivity (Wildman–Crippen MR) is 88.5 cm³/mol. The number of para-hydroxylation sites is 2. The first-order valence-corrected chi connectivity index (χ1v) is 8.46. The Kier molecular flexibility index (Phi) is 4.46. The zero-order valence-electron chi connectivity index (χ0n) is 13.5. The summed E-state index contributed by atoms with van der Waals surface area (Å²) < 4.78 is 2.28. The van der Waals surface area contributed by atoms with Crippen molar-refractivity contribution in [1.29, 1.82) is 0 Å². The van der Waals surface area contributed by atoms with Crippen LogP contribution >= 0.6 is 0 Å². The smallest absolute Gasteiger partial charge is 0.223 e. The van der Waals surface area contributed by atoms with E-state index in [0.717, 1.165) is 37.1 Å². The second-order valence-corrected chi connectivity index (χ2v) is 6.32. The van der Waals surface area contributed by atoms with E-state index in [1.54, 1.807) is 0 Å². The van der Waals surface area contributed by atoms with E-state index in [1.807, 2.05) is 19.1 Å². The summed E-state index contributed by atoms with van der Waals surface area (Å²) >= 11 is 0. The monoisotopic (exact) mass is 299 g/mol. The highest BCUT2D eigenvalue weighted by atomic mass is 16.2. The standard InChI is InChI=1S/C18H25N3O/c1-3-4-7-12-21-16-9-6-5-8-15(16)20-17(21)13(2)19-18(22)14-10-11-14/h5-6,8-9,13-14H,3-4,7,10-12H2,1-2H3,(H,19,22). The van der Waals surface area contributed by atoms with Crippen molar-refractivity contribution in [2.75, 3.05) is 0 Å². The summed E-state index contributed by atoms with van der Waals surface area (Å²) in [6.07, 6.45) is 5.63. The summed E-state index contributed by atoms with van der Waals surface area (Å²) in [5, 5.41) is 3.13. The van der Waals surface area contributed by atoms with E-state index in [0.29, 0.717) is 0 Å². The van der Waals surface area contributed by atoms with Crippen LogP contribution in [0.25, 0.3) is 11.0 Å². The third kappa shape index (κ3) is 3.16. The van der Waals surface area contributed by atoms with Crippen LogP contribution in [0.15, 0.2) is 24.3 Å². The van der Waals surface area contributed by atoms with Crippen LogP contribution in [-0.4, -0.2) is 15.5 Å². The number of carbonyl (C=O) groups is 1. The highest BCUT2D eigenvalue weighted by molar-refractivity contribution is 5.81. The van der Waals surface area contributed by atoms with Crippen molar-refractivity contribution in [2.45, 2.75) is 58.5 Å². The molecule has 1 amide bonds. The van der Waals surface area contributed by atoms with E-state index in [4.69, 9.17) is 4.98 Å². The van der Waals surface area contributed by atoms with Crippen LogP contribution < -0.4 is 5.32 Å². The van der Waals surface area contributed by atoms with Crippen LogP contribution in [0, 0.1) is 5.92 Å². The number of aromatic nitrogens is 2. The molecule has 118 valence electrons. The maximum absolute atomic E-state index is 12.0. The SMILES string of the molecule is CCCCCn1c(C(C)NC(=O)C2CC2)nc2ccccc21. The molecule has 1 aromatic carbocycles. The fraction of sp³-hybridized carbons (Fsp3) is 0.556. The zero-order chi connectivity index (χ0) is 15.5. The number of amides is 1. The second-order valence-electron chi connectivity index (χ2n) is 6.32. The van der Waals surface area contributed by atoms with E-state index in [1.165, 1.54) is 18.4 Å². The van der Waals surface area contributed by atoms with Gasteiger partial charge in [0.1, 0.15) is 5.82 Å². The van der Waals surface area contributed by atoms with Gasteiger partial charge in [-0.25, -0.2) is 4.98 Å². The molecule has 1 aromatic heterocycles. The van der Waals surface area contributed by atoms with Crippen molar-refractivity contribution in [3.63, 3.8) is 0 Å². The fourth-order valence-corrected chi connectivity index (χ4v) is 2.92. The Hall–Kier alpha value is -1.84. The number of unbranched alkanes of at least 4 members (excludes halogenated alkanes) is 2. The average Bonchev–Trinajstić information content (AvgIpc) is 3.30. The summed E-state index contributed by atoms with van der Waals surface area (Å²) in [7, 11) is 0. The van der Waals surface area contributed by atoms with Gasteiger partial charge in [0.05, 0.1) is 17.1 Å². The Labute approximate surface area is 131 Å². The van der Waals surface area contributed by atoms with Crippen molar-refractivity contribution in [3.05, 3.63) is 30.1 Å². The normalized spacial score (nSPS) is 15.9. The van der Waals surface area contributed by atoms with Gasteiger partial charge in [0.15, 0.2) is 0 Å². The molecule has 0 spiro atoms. The third-order valence-electron chi connectivity index (χ3n) is 4.36. The first-order valence-electron chi connectivity index (χ1n) is 8.46. The van der Waals surface area contributed by atoms with Gasteiger partial charge in [-0.1, -0.05) is 31.9 Å². The lowest BCUT2D eigenvalue weighted by Crippen LogP contribution is -2.29. The second kappa shape index (κ2) is 6.51. The highest BCUT2D eigenvalue weighted by Crippen LogP contribution is 2.30. The minimum absolute atomic E-state index is 0.0397. The van der Waals surface area contributed by atoms with E-state index in [9.17, 15) is 4.79 Å². The van der Waals surface area contributed by atoms with Gasteiger partial charge in [0, 0.05) is 12.5 Å². The Bertz CT molecular complexity index is 657. The van der Waals surface area contributed by atoms with Gasteiger partial charge in [0.2, 0.25) is 5.91 Å². The van der Waals surface area contributed by atoms with Gasteiger partial charge >= 0.3 is 0 Å². The minimum atomic E-state index is -0.0397. The van der Waals surface area contributed by atoms with Crippen LogP contribution in [0.1, 0.15) is 57.8 Å². The molecule has 2 aromatic rings. The number of hydrogen-bond acceptors (Lipinski definition) is 2. The van der Waals surface area contributed by atoms with Crippen LogP contribution in [0.2, 0.25) is 0 Å². The first-order chi connectivity index (χ1) is 10.7. The van der Waals surface area contributed by atoms with Gasteiger partial charge in [-0.05, 0) is 38.3 Å². The molecule has 1 atom stereocenters. The lowest BCUT2D eigenvalue weighted by molar-refractivity contribution is -0.123. The maximum atomic E-state index is 12.0. The van der Waals surface area contributed by atoms with Crippen molar-refractivity contribution < 1.29 is 4.79 Å². The Balaban J connectivity index is 1.85. The number of rotatable bonds is 7. The fourth-order valence-electron chi connectivity index (χ4n) is 2.92. The van der Waals surface area contributed by atoms with Gasteiger partial charge in [-0.15, -0.1) is 0 Å². The summed E-state index contributed by atoms with van der Waals surface area (Å²) in [6.45, 7) is 5.22. The maximum Gasteiger partial charge on any atom is 0.223 e. The topological polar surface area (TPSA) is 46.9 Å². The zero-order valence-corrected chi connectivity index (χ0v) is 13.5. The van der Waals surface area contributed by atoms with Crippen LogP contribution in [-0.2, 0) is 11.3 Å². The lowest BCUT2D eigenvalue weighted by Gasteiger charge is -2.16. The van der Waals surface area contributed by atoms with E-state index < -0.39 is 0 Å². The van der Waals surface area contributed by atoms with Crippen molar-refractivity contribution in [3.8, 4) is 0 Å². The molecular formula is C18H25N3O. The largest absolute Gasteiger partial charge is 0.346 e. The van der Waals surface area contributed by atoms with Gasteiger partial charge in [0.25, 0.3) is 0 Å². The van der Waals surface area contributed by atoms with Crippen LogP contribution in [0.3, 0.4) is 0 Å². The predicted octanol–water partition coefficient (Wildman–Crippen LogP) is 3.81. The molecule has 1 aliphatic rings. The van der Waals surface area contributed by atoms with E-state index in [-0.39, 0.29) is 17.9 Å². The quantitative estimate of drug-likeness (QED) is 0.790. The molecule has 1 unspecified atom stereocenters. The number of nitrogens with zero attached hydrogens (tertiary/aromatic N) is 2. The number of hydrogen-bond donors (Lipinski definition) is 1. The molecule has 1 fully saturated rings. The van der Waals surface area contributed by atoms with Crippen molar-refractivity contribution in [1.82, 2.24) is 14.9 Å². The number of carbonyl (C=O) groups excluding carboxylic acids is 1. The Morgan fingerprint density at radius 3 is 2.86 bits per heavy atom. The Morgan fingerprint density at radius 1 is 1.36 bits per heavy atom. The van der Waals surface area contributed by atoms with E-state index in [2.05, 4.69) is 28.9 Å². The number of nitrogens with one attached hydrogen (secondary N) is 1.